The van der Waals surface area contributed by atoms with Gasteiger partial charge in [-0.15, -0.1) is 0 Å². The highest BCUT2D eigenvalue weighted by Crippen LogP contribution is 2.14. The predicted molar refractivity (Wildman–Crippen MR) is 34.3 cm³/mol. The molecule has 8 heavy (non-hydrogen) atoms. The van der Waals surface area contributed by atoms with Crippen LogP contribution in [-0.4, -0.2) is 34.8 Å². The standard InChI is InChI=1S/C4H8N2OS/c1-5-4-6(7)2-3-8-4/h7H,2-3H2,1H3/b5-4-. The van der Waals surface area contributed by atoms with Gasteiger partial charge in [-0.25, -0.2) is 5.06 Å². The highest BCUT2D eigenvalue weighted by molar-refractivity contribution is 8.14. The van der Waals surface area contributed by atoms with Crippen LogP contribution in [-0.2, 0) is 0 Å². The fraction of sp³-hybridized carbons (Fsp3) is 0.750. The molecule has 1 aliphatic rings. The van der Waals surface area contributed by atoms with Crippen LogP contribution in [0.2, 0.25) is 0 Å². The molecule has 0 aromatic carbocycles. The molecule has 1 saturated heterocycles. The molecule has 0 aromatic heterocycles. The van der Waals surface area contributed by atoms with Crippen LogP contribution in [0, 0.1) is 0 Å². The van der Waals surface area contributed by atoms with Crippen LogP contribution in [0.5, 0.6) is 0 Å². The molecule has 0 saturated carbocycles. The lowest BCUT2D eigenvalue weighted by atomic mass is 10.7. The first-order valence-electron chi connectivity index (χ1n) is 2.40. The summed E-state index contributed by atoms with van der Waals surface area (Å²) >= 11 is 1.58. The summed E-state index contributed by atoms with van der Waals surface area (Å²) in [7, 11) is 1.68. The van der Waals surface area contributed by atoms with E-state index in [1.54, 1.807) is 18.8 Å². The van der Waals surface area contributed by atoms with E-state index in [1.807, 2.05) is 0 Å². The molecule has 0 spiro atoms. The van der Waals surface area contributed by atoms with Crippen molar-refractivity contribution in [1.82, 2.24) is 5.06 Å². The Morgan fingerprint density at radius 1 is 1.88 bits per heavy atom. The number of rotatable bonds is 0. The third-order valence-electron chi connectivity index (χ3n) is 0.946. The van der Waals surface area contributed by atoms with Gasteiger partial charge in [-0.3, -0.25) is 10.2 Å². The van der Waals surface area contributed by atoms with E-state index in [2.05, 4.69) is 4.99 Å². The van der Waals surface area contributed by atoms with E-state index < -0.39 is 0 Å². The lowest BCUT2D eigenvalue weighted by molar-refractivity contribution is -0.000794. The van der Waals surface area contributed by atoms with Gasteiger partial charge in [0.15, 0.2) is 5.17 Å². The van der Waals surface area contributed by atoms with Crippen LogP contribution in [0.25, 0.3) is 0 Å². The summed E-state index contributed by atoms with van der Waals surface area (Å²) in [6, 6.07) is 0. The average molecular weight is 132 g/mol. The minimum Gasteiger partial charge on any atom is -0.287 e. The Kier molecular flexibility index (Phi) is 1.75. The second kappa shape index (κ2) is 2.37. The van der Waals surface area contributed by atoms with Crippen molar-refractivity contribution in [2.75, 3.05) is 19.3 Å². The summed E-state index contributed by atoms with van der Waals surface area (Å²) in [6.07, 6.45) is 0. The van der Waals surface area contributed by atoms with E-state index in [0.29, 0.717) is 6.54 Å². The van der Waals surface area contributed by atoms with Crippen LogP contribution < -0.4 is 0 Å². The second-order valence-electron chi connectivity index (χ2n) is 1.48. The topological polar surface area (TPSA) is 35.8 Å². The zero-order chi connectivity index (χ0) is 5.98. The highest BCUT2D eigenvalue weighted by Gasteiger charge is 2.15. The Morgan fingerprint density at radius 3 is 2.88 bits per heavy atom. The molecule has 1 aliphatic heterocycles. The van der Waals surface area contributed by atoms with Gasteiger partial charge in [-0.2, -0.15) is 0 Å². The van der Waals surface area contributed by atoms with Gasteiger partial charge < -0.3 is 0 Å². The molecular formula is C4H8N2OS. The maximum absolute atomic E-state index is 8.87. The molecule has 0 aliphatic carbocycles. The Morgan fingerprint density at radius 2 is 2.62 bits per heavy atom. The molecule has 3 nitrogen and oxygen atoms in total. The van der Waals surface area contributed by atoms with Crippen molar-refractivity contribution in [2.24, 2.45) is 4.99 Å². The normalized spacial score (nSPS) is 25.2. The van der Waals surface area contributed by atoms with Gasteiger partial charge in [0.1, 0.15) is 0 Å². The Hall–Kier alpha value is -0.220. The van der Waals surface area contributed by atoms with E-state index >= 15 is 0 Å². The van der Waals surface area contributed by atoms with Crippen molar-refractivity contribution in [3.63, 3.8) is 0 Å². The fourth-order valence-electron chi connectivity index (χ4n) is 0.574. The molecule has 0 atom stereocenters. The van der Waals surface area contributed by atoms with Crippen molar-refractivity contribution in [1.29, 1.82) is 0 Å². The van der Waals surface area contributed by atoms with Crippen LogP contribution in [0.3, 0.4) is 0 Å². The van der Waals surface area contributed by atoms with Crippen LogP contribution in [0.15, 0.2) is 4.99 Å². The molecular weight excluding hydrogens is 124 g/mol. The smallest absolute Gasteiger partial charge is 0.182 e. The van der Waals surface area contributed by atoms with Crippen molar-refractivity contribution in [3.05, 3.63) is 0 Å². The lowest BCUT2D eigenvalue weighted by Gasteiger charge is -2.04. The van der Waals surface area contributed by atoms with Gasteiger partial charge >= 0.3 is 0 Å². The molecule has 0 aromatic rings. The molecule has 1 N–H and O–H groups in total. The van der Waals surface area contributed by atoms with Gasteiger partial charge in [0, 0.05) is 12.8 Å². The second-order valence-corrected chi connectivity index (χ2v) is 2.54. The fourth-order valence-corrected chi connectivity index (χ4v) is 1.39. The SMILES string of the molecule is C/N=C1\SCCN1O. The van der Waals surface area contributed by atoms with E-state index in [0.717, 1.165) is 10.9 Å². The Balaban J connectivity index is 2.55. The van der Waals surface area contributed by atoms with E-state index in [9.17, 15) is 0 Å². The third-order valence-corrected chi connectivity index (χ3v) is 1.98. The monoisotopic (exact) mass is 132 g/mol. The summed E-state index contributed by atoms with van der Waals surface area (Å²) in [5, 5.41) is 10.8. The number of hydrogen-bond donors (Lipinski definition) is 1. The number of nitrogens with zero attached hydrogens (tertiary/aromatic N) is 2. The zero-order valence-corrected chi connectivity index (χ0v) is 5.48. The van der Waals surface area contributed by atoms with Crippen molar-refractivity contribution in [3.8, 4) is 0 Å². The molecule has 1 heterocycles. The summed E-state index contributed by atoms with van der Waals surface area (Å²) in [5.41, 5.74) is 0. The summed E-state index contributed by atoms with van der Waals surface area (Å²) in [4.78, 5) is 3.82. The van der Waals surface area contributed by atoms with Crippen molar-refractivity contribution < 1.29 is 5.21 Å². The van der Waals surface area contributed by atoms with Gasteiger partial charge in [-0.05, 0) is 0 Å². The Labute approximate surface area is 52.4 Å². The van der Waals surface area contributed by atoms with E-state index in [4.69, 9.17) is 5.21 Å². The zero-order valence-electron chi connectivity index (χ0n) is 4.66. The predicted octanol–water partition coefficient (Wildman–Crippen LogP) is 0.410. The Bertz CT molecular complexity index is 115. The number of aliphatic imine (C=N–C) groups is 1. The van der Waals surface area contributed by atoms with Crippen LogP contribution in [0.4, 0.5) is 0 Å². The van der Waals surface area contributed by atoms with Crippen molar-refractivity contribution >= 4 is 16.9 Å². The number of hydroxylamine groups is 2. The van der Waals surface area contributed by atoms with E-state index in [1.165, 1.54) is 5.06 Å². The molecule has 4 heteroatoms. The molecule has 0 amide bonds. The first-order valence-corrected chi connectivity index (χ1v) is 3.39. The van der Waals surface area contributed by atoms with Gasteiger partial charge in [-0.1, -0.05) is 11.8 Å². The lowest BCUT2D eigenvalue weighted by Crippen LogP contribution is -2.18. The summed E-state index contributed by atoms with van der Waals surface area (Å²) in [6.45, 7) is 0.706. The van der Waals surface area contributed by atoms with E-state index in [-0.39, 0.29) is 0 Å². The summed E-state index contributed by atoms with van der Waals surface area (Å²) in [5.74, 6) is 0.948. The number of thioether (sulfide) groups is 1. The largest absolute Gasteiger partial charge is 0.287 e. The summed E-state index contributed by atoms with van der Waals surface area (Å²) < 4.78 is 0. The minimum atomic E-state index is 0.706. The maximum Gasteiger partial charge on any atom is 0.182 e. The maximum atomic E-state index is 8.87. The molecule has 1 rings (SSSR count). The molecule has 0 unspecified atom stereocenters. The average Bonchev–Trinajstić information content (AvgIpc) is 2.14. The minimum absolute atomic E-state index is 0.706. The molecule has 1 fully saturated rings. The first kappa shape index (κ1) is 5.91. The van der Waals surface area contributed by atoms with Crippen LogP contribution >= 0.6 is 11.8 Å². The van der Waals surface area contributed by atoms with Gasteiger partial charge in [0.25, 0.3) is 0 Å². The molecule has 46 valence electrons. The number of amidine groups is 1. The van der Waals surface area contributed by atoms with Gasteiger partial charge in [0.05, 0.1) is 6.54 Å². The third kappa shape index (κ3) is 0.952. The quantitative estimate of drug-likeness (QED) is 0.518. The van der Waals surface area contributed by atoms with Crippen LogP contribution in [0.1, 0.15) is 0 Å². The van der Waals surface area contributed by atoms with Gasteiger partial charge in [0.2, 0.25) is 0 Å². The van der Waals surface area contributed by atoms with Crippen molar-refractivity contribution in [2.45, 2.75) is 0 Å². The first-order chi connectivity index (χ1) is 3.84. The molecule has 0 bridgehead atoms. The highest BCUT2D eigenvalue weighted by atomic mass is 32.2. The molecule has 0 radical (unpaired) electrons. The number of hydrogen-bond acceptors (Lipinski definition) is 3.